The largest absolute Gasteiger partial charge is 0.496 e. The van der Waals surface area contributed by atoms with Crippen LogP contribution in [0.25, 0.3) is 0 Å². The summed E-state index contributed by atoms with van der Waals surface area (Å²) in [6, 6.07) is 3.62. The first-order valence-electron chi connectivity index (χ1n) is 8.54. The maximum Gasteiger partial charge on any atom is 0.222 e. The van der Waals surface area contributed by atoms with E-state index in [-0.39, 0.29) is 18.3 Å². The second-order valence-electron chi connectivity index (χ2n) is 6.55. The van der Waals surface area contributed by atoms with Crippen molar-refractivity contribution in [2.45, 2.75) is 31.9 Å². The standard InChI is InChI=1S/C18H26N2O4.ClH/c1-23-15-4-5-16(24-2)18-13(15)10-20(11-14(18)21)17(22)6-3-12-7-8-19-9-12;/h4-5,12,14,19,21H,3,6-11H2,1-2H3;1H. The minimum absolute atomic E-state index is 0. The van der Waals surface area contributed by atoms with Crippen LogP contribution in [0.1, 0.15) is 36.5 Å². The third kappa shape index (κ3) is 4.19. The highest BCUT2D eigenvalue weighted by Crippen LogP contribution is 2.39. The first kappa shape index (κ1) is 19.8. The maximum atomic E-state index is 12.6. The number of nitrogens with zero attached hydrogens (tertiary/aromatic N) is 1. The van der Waals surface area contributed by atoms with Crippen LogP contribution in [0.5, 0.6) is 11.5 Å². The van der Waals surface area contributed by atoms with Crippen LogP contribution in [0.3, 0.4) is 0 Å². The summed E-state index contributed by atoms with van der Waals surface area (Å²) in [5.41, 5.74) is 1.58. The summed E-state index contributed by atoms with van der Waals surface area (Å²) in [4.78, 5) is 14.3. The number of nitrogens with one attached hydrogen (secondary N) is 1. The number of hydrogen-bond acceptors (Lipinski definition) is 5. The quantitative estimate of drug-likeness (QED) is 0.828. The van der Waals surface area contributed by atoms with Gasteiger partial charge in [0.2, 0.25) is 5.91 Å². The Morgan fingerprint density at radius 3 is 2.68 bits per heavy atom. The van der Waals surface area contributed by atoms with Gasteiger partial charge in [-0.2, -0.15) is 0 Å². The van der Waals surface area contributed by atoms with Crippen molar-refractivity contribution in [2.24, 2.45) is 5.92 Å². The zero-order valence-corrected chi connectivity index (χ0v) is 15.6. The lowest BCUT2D eigenvalue weighted by Crippen LogP contribution is -2.38. The second kappa shape index (κ2) is 8.74. The molecule has 0 saturated carbocycles. The van der Waals surface area contributed by atoms with Crippen LogP contribution in [0.2, 0.25) is 0 Å². The molecule has 1 amide bonds. The molecule has 0 aromatic heterocycles. The molecule has 2 unspecified atom stereocenters. The predicted molar refractivity (Wildman–Crippen MR) is 97.4 cm³/mol. The highest BCUT2D eigenvalue weighted by molar-refractivity contribution is 5.85. The van der Waals surface area contributed by atoms with Crippen molar-refractivity contribution in [1.29, 1.82) is 0 Å². The van der Waals surface area contributed by atoms with E-state index in [1.165, 1.54) is 0 Å². The van der Waals surface area contributed by atoms with Gasteiger partial charge in [0, 0.05) is 24.1 Å². The molecule has 0 radical (unpaired) electrons. The van der Waals surface area contributed by atoms with Crippen LogP contribution in [-0.2, 0) is 11.3 Å². The molecule has 140 valence electrons. The number of halogens is 1. The fourth-order valence-corrected chi connectivity index (χ4v) is 3.71. The number of ether oxygens (including phenoxy) is 2. The summed E-state index contributed by atoms with van der Waals surface area (Å²) < 4.78 is 10.8. The molecule has 0 bridgehead atoms. The van der Waals surface area contributed by atoms with E-state index in [1.54, 1.807) is 25.2 Å². The van der Waals surface area contributed by atoms with E-state index in [2.05, 4.69) is 5.32 Å². The molecule has 2 atom stereocenters. The highest BCUT2D eigenvalue weighted by atomic mass is 35.5. The average Bonchev–Trinajstić information content (AvgIpc) is 3.12. The number of carbonyl (C=O) groups excluding carboxylic acids is 1. The van der Waals surface area contributed by atoms with Crippen molar-refractivity contribution in [1.82, 2.24) is 10.2 Å². The van der Waals surface area contributed by atoms with E-state index < -0.39 is 6.10 Å². The van der Waals surface area contributed by atoms with Gasteiger partial charge in [-0.15, -0.1) is 12.4 Å². The van der Waals surface area contributed by atoms with Crippen LogP contribution in [0, 0.1) is 5.92 Å². The molecular formula is C18H27ClN2O4. The lowest BCUT2D eigenvalue weighted by molar-refractivity contribution is -0.134. The molecule has 0 aliphatic carbocycles. The summed E-state index contributed by atoms with van der Waals surface area (Å²) in [7, 11) is 3.18. The van der Waals surface area contributed by atoms with Crippen molar-refractivity contribution in [3.8, 4) is 11.5 Å². The minimum Gasteiger partial charge on any atom is -0.496 e. The second-order valence-corrected chi connectivity index (χ2v) is 6.55. The predicted octanol–water partition coefficient (Wildman–Crippen LogP) is 1.89. The number of methoxy groups -OCH3 is 2. The fourth-order valence-electron chi connectivity index (χ4n) is 3.71. The number of carbonyl (C=O) groups is 1. The highest BCUT2D eigenvalue weighted by Gasteiger charge is 2.32. The van der Waals surface area contributed by atoms with Crippen LogP contribution < -0.4 is 14.8 Å². The van der Waals surface area contributed by atoms with E-state index in [0.717, 1.165) is 37.1 Å². The van der Waals surface area contributed by atoms with Gasteiger partial charge < -0.3 is 24.8 Å². The normalized spacial score (nSPS) is 22.1. The van der Waals surface area contributed by atoms with Gasteiger partial charge in [-0.3, -0.25) is 4.79 Å². The molecule has 3 rings (SSSR count). The summed E-state index contributed by atoms with van der Waals surface area (Å²) in [6.07, 6.45) is 1.82. The Bertz CT molecular complexity index is 605. The number of aliphatic hydroxyl groups excluding tert-OH is 1. The van der Waals surface area contributed by atoms with Crippen LogP contribution in [0.4, 0.5) is 0 Å². The fraction of sp³-hybridized carbons (Fsp3) is 0.611. The van der Waals surface area contributed by atoms with Crippen molar-refractivity contribution in [2.75, 3.05) is 33.9 Å². The van der Waals surface area contributed by atoms with E-state index >= 15 is 0 Å². The van der Waals surface area contributed by atoms with Gasteiger partial charge >= 0.3 is 0 Å². The molecule has 1 aromatic rings. The Kier molecular flexibility index (Phi) is 6.93. The summed E-state index contributed by atoms with van der Waals surface area (Å²) >= 11 is 0. The van der Waals surface area contributed by atoms with Crippen molar-refractivity contribution < 1.29 is 19.4 Å². The number of aliphatic hydroxyl groups is 1. The molecule has 1 fully saturated rings. The van der Waals surface area contributed by atoms with Crippen molar-refractivity contribution in [3.63, 3.8) is 0 Å². The topological polar surface area (TPSA) is 71.0 Å². The smallest absolute Gasteiger partial charge is 0.222 e. The molecule has 25 heavy (non-hydrogen) atoms. The molecule has 2 aliphatic rings. The molecule has 2 aliphatic heterocycles. The third-order valence-electron chi connectivity index (χ3n) is 5.07. The molecular weight excluding hydrogens is 344 g/mol. The Morgan fingerprint density at radius 1 is 1.32 bits per heavy atom. The zero-order chi connectivity index (χ0) is 17.1. The molecule has 0 spiro atoms. The molecule has 2 N–H and O–H groups in total. The van der Waals surface area contributed by atoms with E-state index in [0.29, 0.717) is 36.9 Å². The molecule has 7 heteroatoms. The van der Waals surface area contributed by atoms with Crippen molar-refractivity contribution in [3.05, 3.63) is 23.3 Å². The molecule has 1 aromatic carbocycles. The molecule has 6 nitrogen and oxygen atoms in total. The number of hydrogen-bond donors (Lipinski definition) is 2. The van der Waals surface area contributed by atoms with E-state index in [1.807, 2.05) is 6.07 Å². The van der Waals surface area contributed by atoms with E-state index in [4.69, 9.17) is 9.47 Å². The number of amides is 1. The first-order valence-corrected chi connectivity index (χ1v) is 8.54. The van der Waals surface area contributed by atoms with Crippen LogP contribution in [-0.4, -0.2) is 49.8 Å². The van der Waals surface area contributed by atoms with Gasteiger partial charge in [0.1, 0.15) is 17.6 Å². The average molecular weight is 371 g/mol. The van der Waals surface area contributed by atoms with Gasteiger partial charge in [-0.05, 0) is 44.0 Å². The zero-order valence-electron chi connectivity index (χ0n) is 14.8. The van der Waals surface area contributed by atoms with Gasteiger partial charge in [0.05, 0.1) is 20.8 Å². The van der Waals surface area contributed by atoms with Gasteiger partial charge in [0.25, 0.3) is 0 Å². The Morgan fingerprint density at radius 2 is 2.04 bits per heavy atom. The molecule has 2 heterocycles. The SMILES string of the molecule is COc1ccc(OC)c2c1CN(C(=O)CCC1CCNC1)CC2O.Cl. The van der Waals surface area contributed by atoms with Gasteiger partial charge in [-0.25, -0.2) is 0 Å². The molecule has 1 saturated heterocycles. The number of β-amino-alcohol motifs (C(OH)–C–C–N with tert-alkyl or cyclic N) is 1. The number of rotatable bonds is 5. The van der Waals surface area contributed by atoms with E-state index in [9.17, 15) is 9.90 Å². The van der Waals surface area contributed by atoms with Crippen LogP contribution >= 0.6 is 12.4 Å². The lowest BCUT2D eigenvalue weighted by atomic mass is 9.94. The summed E-state index contributed by atoms with van der Waals surface area (Å²) in [5, 5.41) is 13.9. The van der Waals surface area contributed by atoms with Crippen LogP contribution in [0.15, 0.2) is 12.1 Å². The Hall–Kier alpha value is -1.50. The maximum absolute atomic E-state index is 12.6. The Labute approximate surface area is 154 Å². The van der Waals surface area contributed by atoms with Gasteiger partial charge in [0.15, 0.2) is 0 Å². The monoisotopic (exact) mass is 370 g/mol. The summed E-state index contributed by atoms with van der Waals surface area (Å²) in [5.74, 6) is 2.01. The minimum atomic E-state index is -0.754. The van der Waals surface area contributed by atoms with Crippen molar-refractivity contribution >= 4 is 18.3 Å². The lowest BCUT2D eigenvalue weighted by Gasteiger charge is -2.34. The summed E-state index contributed by atoms with van der Waals surface area (Å²) in [6.45, 7) is 2.81. The van der Waals surface area contributed by atoms with Gasteiger partial charge in [-0.1, -0.05) is 0 Å². The first-order chi connectivity index (χ1) is 11.6. The Balaban J connectivity index is 0.00000225. The number of benzene rings is 1. The number of fused-ring (bicyclic) bond motifs is 1. The third-order valence-corrected chi connectivity index (χ3v) is 5.07.